The van der Waals surface area contributed by atoms with Gasteiger partial charge in [0.05, 0.1) is 32.9 Å². The molecule has 0 amide bonds. The van der Waals surface area contributed by atoms with Gasteiger partial charge in [-0.25, -0.2) is 8.42 Å². The molecule has 4 nitrogen and oxygen atoms in total. The quantitative estimate of drug-likeness (QED) is 0.586. The summed E-state index contributed by atoms with van der Waals surface area (Å²) in [6.45, 7) is 0. The summed E-state index contributed by atoms with van der Waals surface area (Å²) < 4.78 is 23.8. The standard InChI is InChI=1S/C9H21N2O2S/c1-10(2)8-6-14(12,13)7-9(8)11(3,4)5/h8-9H,6-7H2,1-5H3/q+1. The van der Waals surface area contributed by atoms with E-state index in [1.54, 1.807) is 0 Å². The minimum absolute atomic E-state index is 0.153. The first-order valence-electron chi connectivity index (χ1n) is 4.81. The second-order valence-corrected chi connectivity index (χ2v) is 7.45. The third-order valence-electron chi connectivity index (χ3n) is 2.95. The van der Waals surface area contributed by atoms with Crippen LogP contribution in [0.5, 0.6) is 0 Å². The van der Waals surface area contributed by atoms with Crippen LogP contribution in [-0.2, 0) is 9.84 Å². The molecule has 0 N–H and O–H groups in total. The van der Waals surface area contributed by atoms with Crippen molar-refractivity contribution in [3.63, 3.8) is 0 Å². The molecule has 0 aromatic carbocycles. The smallest absolute Gasteiger partial charge is 0.157 e. The Labute approximate surface area is 87.0 Å². The largest absolute Gasteiger partial charge is 0.326 e. The van der Waals surface area contributed by atoms with E-state index in [1.165, 1.54) is 0 Å². The van der Waals surface area contributed by atoms with Crippen LogP contribution in [0.2, 0.25) is 0 Å². The van der Waals surface area contributed by atoms with Gasteiger partial charge in [-0.1, -0.05) is 0 Å². The third kappa shape index (κ3) is 2.46. The average Bonchev–Trinajstić information content (AvgIpc) is 2.24. The monoisotopic (exact) mass is 221 g/mol. The zero-order valence-electron chi connectivity index (χ0n) is 9.69. The molecule has 1 rings (SSSR count). The molecule has 0 radical (unpaired) electrons. The first kappa shape index (κ1) is 11.9. The zero-order chi connectivity index (χ0) is 11.1. The van der Waals surface area contributed by atoms with E-state index in [0.717, 1.165) is 0 Å². The highest BCUT2D eigenvalue weighted by atomic mass is 32.2. The summed E-state index contributed by atoms with van der Waals surface area (Å²) in [5, 5.41) is 0. The first-order valence-corrected chi connectivity index (χ1v) is 6.63. The number of nitrogens with zero attached hydrogens (tertiary/aromatic N) is 2. The number of hydrogen-bond donors (Lipinski definition) is 0. The Bertz CT molecular complexity index is 303. The van der Waals surface area contributed by atoms with Crippen LogP contribution in [-0.4, -0.2) is 76.6 Å². The molecule has 84 valence electrons. The van der Waals surface area contributed by atoms with Gasteiger partial charge < -0.3 is 9.38 Å². The summed E-state index contributed by atoms with van der Waals surface area (Å²) >= 11 is 0. The normalized spacial score (nSPS) is 32.4. The Morgan fingerprint density at radius 3 is 1.93 bits per heavy atom. The van der Waals surface area contributed by atoms with Crippen molar-refractivity contribution in [3.05, 3.63) is 0 Å². The lowest BCUT2D eigenvalue weighted by Gasteiger charge is -2.36. The van der Waals surface area contributed by atoms with E-state index in [-0.39, 0.29) is 12.1 Å². The molecule has 0 aliphatic carbocycles. The van der Waals surface area contributed by atoms with E-state index in [2.05, 4.69) is 21.1 Å². The predicted molar refractivity (Wildman–Crippen MR) is 57.9 cm³/mol. The number of rotatable bonds is 2. The molecular weight excluding hydrogens is 200 g/mol. The van der Waals surface area contributed by atoms with Gasteiger partial charge in [0.25, 0.3) is 0 Å². The summed E-state index contributed by atoms with van der Waals surface area (Å²) in [6.07, 6.45) is 0. The van der Waals surface area contributed by atoms with Crippen LogP contribution < -0.4 is 0 Å². The van der Waals surface area contributed by atoms with Crippen LogP contribution in [0.25, 0.3) is 0 Å². The minimum atomic E-state index is -2.83. The molecule has 1 fully saturated rings. The summed E-state index contributed by atoms with van der Waals surface area (Å²) in [4.78, 5) is 2.03. The summed E-state index contributed by atoms with van der Waals surface area (Å²) in [5.41, 5.74) is 0. The van der Waals surface area contributed by atoms with Crippen molar-refractivity contribution < 1.29 is 12.9 Å². The van der Waals surface area contributed by atoms with Gasteiger partial charge in [-0.15, -0.1) is 0 Å². The fourth-order valence-corrected chi connectivity index (χ4v) is 4.41. The van der Waals surface area contributed by atoms with Crippen LogP contribution in [0.1, 0.15) is 0 Å². The molecule has 0 bridgehead atoms. The van der Waals surface area contributed by atoms with Crippen LogP contribution in [0.3, 0.4) is 0 Å². The number of hydrogen-bond acceptors (Lipinski definition) is 3. The van der Waals surface area contributed by atoms with E-state index in [9.17, 15) is 8.42 Å². The Kier molecular flexibility index (Phi) is 2.96. The molecule has 5 heteroatoms. The molecule has 2 unspecified atom stereocenters. The van der Waals surface area contributed by atoms with Gasteiger partial charge in [0.15, 0.2) is 9.84 Å². The van der Waals surface area contributed by atoms with Gasteiger partial charge in [-0.05, 0) is 14.1 Å². The van der Waals surface area contributed by atoms with Gasteiger partial charge in [-0.3, -0.25) is 0 Å². The molecule has 2 atom stereocenters. The van der Waals surface area contributed by atoms with Gasteiger partial charge in [0.2, 0.25) is 0 Å². The average molecular weight is 221 g/mol. The van der Waals surface area contributed by atoms with Crippen LogP contribution >= 0.6 is 0 Å². The zero-order valence-corrected chi connectivity index (χ0v) is 10.5. The van der Waals surface area contributed by atoms with Crippen molar-refractivity contribution >= 4 is 9.84 Å². The second kappa shape index (κ2) is 3.47. The lowest BCUT2D eigenvalue weighted by atomic mass is 10.1. The SMILES string of the molecule is CN(C)C1CS(=O)(=O)CC1[N+](C)(C)C. The van der Waals surface area contributed by atoms with Crippen molar-refractivity contribution in [1.82, 2.24) is 4.90 Å². The van der Waals surface area contributed by atoms with Gasteiger partial charge >= 0.3 is 0 Å². The molecule has 1 saturated heterocycles. The topological polar surface area (TPSA) is 37.4 Å². The van der Waals surface area contributed by atoms with Crippen molar-refractivity contribution in [2.45, 2.75) is 12.1 Å². The highest BCUT2D eigenvalue weighted by Gasteiger charge is 2.46. The van der Waals surface area contributed by atoms with Crippen LogP contribution in [0.15, 0.2) is 0 Å². The number of quaternary nitrogens is 1. The Morgan fingerprint density at radius 2 is 1.64 bits per heavy atom. The molecule has 0 aromatic rings. The van der Waals surface area contributed by atoms with E-state index in [4.69, 9.17) is 0 Å². The second-order valence-electron chi connectivity index (χ2n) is 5.29. The van der Waals surface area contributed by atoms with E-state index in [0.29, 0.717) is 16.0 Å². The summed E-state index contributed by atoms with van der Waals surface area (Å²) in [6, 6.07) is 0.343. The van der Waals surface area contributed by atoms with E-state index in [1.807, 2.05) is 19.0 Å². The van der Waals surface area contributed by atoms with Gasteiger partial charge in [-0.2, -0.15) is 0 Å². The van der Waals surface area contributed by atoms with E-state index < -0.39 is 9.84 Å². The molecule has 1 heterocycles. The first-order chi connectivity index (χ1) is 6.13. The molecular formula is C9H21N2O2S+. The third-order valence-corrected chi connectivity index (χ3v) is 4.65. The van der Waals surface area contributed by atoms with E-state index >= 15 is 0 Å². The molecule has 0 aromatic heterocycles. The highest BCUT2D eigenvalue weighted by molar-refractivity contribution is 7.91. The fourth-order valence-electron chi connectivity index (χ4n) is 2.04. The predicted octanol–water partition coefficient (Wildman–Crippen LogP) is -0.580. The van der Waals surface area contributed by atoms with Crippen LogP contribution in [0, 0.1) is 0 Å². The maximum absolute atomic E-state index is 11.6. The minimum Gasteiger partial charge on any atom is -0.326 e. The molecule has 1 aliphatic heterocycles. The number of sulfone groups is 1. The molecule has 0 spiro atoms. The fraction of sp³-hybridized carbons (Fsp3) is 1.00. The van der Waals surface area contributed by atoms with Gasteiger partial charge in [0.1, 0.15) is 11.8 Å². The van der Waals surface area contributed by atoms with Gasteiger partial charge in [0, 0.05) is 0 Å². The lowest BCUT2D eigenvalue weighted by molar-refractivity contribution is -0.894. The number of likely N-dealkylation sites (N-methyl/N-ethyl adjacent to an activating group) is 2. The Balaban J connectivity index is 2.95. The van der Waals surface area contributed by atoms with Crippen molar-refractivity contribution in [2.75, 3.05) is 46.7 Å². The highest BCUT2D eigenvalue weighted by Crippen LogP contribution is 2.23. The van der Waals surface area contributed by atoms with Crippen molar-refractivity contribution in [2.24, 2.45) is 0 Å². The maximum Gasteiger partial charge on any atom is 0.157 e. The maximum atomic E-state index is 11.6. The molecule has 14 heavy (non-hydrogen) atoms. The van der Waals surface area contributed by atoms with Crippen molar-refractivity contribution in [3.8, 4) is 0 Å². The summed E-state index contributed by atoms with van der Waals surface area (Å²) in [7, 11) is 7.25. The summed E-state index contributed by atoms with van der Waals surface area (Å²) in [5.74, 6) is 0.625. The lowest BCUT2D eigenvalue weighted by Crippen LogP contribution is -2.55. The Morgan fingerprint density at radius 1 is 1.14 bits per heavy atom. The Hall–Kier alpha value is -0.130. The molecule has 1 aliphatic rings. The van der Waals surface area contributed by atoms with Crippen molar-refractivity contribution in [1.29, 1.82) is 0 Å². The molecule has 0 saturated carbocycles. The van der Waals surface area contributed by atoms with Crippen LogP contribution in [0.4, 0.5) is 0 Å².